The summed E-state index contributed by atoms with van der Waals surface area (Å²) in [4.78, 5) is 17.2. The number of fused-ring (bicyclic) bond motifs is 1. The highest BCUT2D eigenvalue weighted by molar-refractivity contribution is 5.66. The van der Waals surface area contributed by atoms with Crippen LogP contribution in [0.15, 0.2) is 66.7 Å². The normalized spacial score (nSPS) is 35.6. The van der Waals surface area contributed by atoms with Crippen molar-refractivity contribution in [1.82, 2.24) is 9.80 Å². The van der Waals surface area contributed by atoms with Gasteiger partial charge in [-0.25, -0.2) is 0 Å². The first-order valence-electron chi connectivity index (χ1n) is 16.0. The molecule has 7 nitrogen and oxygen atoms in total. The molecular formula is C36H38N2O5. The van der Waals surface area contributed by atoms with Crippen LogP contribution < -0.4 is 9.47 Å². The van der Waals surface area contributed by atoms with E-state index in [1.807, 2.05) is 53.4 Å². The molecular weight excluding hydrogens is 540 g/mol. The molecule has 9 rings (SSSR count). The summed E-state index contributed by atoms with van der Waals surface area (Å²) >= 11 is 0. The zero-order valence-corrected chi connectivity index (χ0v) is 24.3. The maximum Gasteiger partial charge on any atom is 0.166 e. The molecule has 3 fully saturated rings. The fourth-order valence-electron chi connectivity index (χ4n) is 9.62. The van der Waals surface area contributed by atoms with Crippen molar-refractivity contribution in [1.29, 1.82) is 0 Å². The van der Waals surface area contributed by atoms with Crippen molar-refractivity contribution in [3.8, 4) is 11.5 Å². The molecule has 1 saturated heterocycles. The van der Waals surface area contributed by atoms with Gasteiger partial charge < -0.3 is 24.5 Å². The SMILES string of the molecule is O=CC1c2ccccc2C(O)N1[C@@H]1CC[C@@]2(O)[C@H]3Cc4ccc(OCc5ccccc5)c5c4[C@@]2(CCN3CC2CC2)[C@H]1O5. The Hall–Kier alpha value is -3.23. The minimum absolute atomic E-state index is 0.0194. The molecule has 2 saturated carbocycles. The molecule has 6 aliphatic rings. The van der Waals surface area contributed by atoms with E-state index >= 15 is 0 Å². The summed E-state index contributed by atoms with van der Waals surface area (Å²) in [6, 6.07) is 21.3. The van der Waals surface area contributed by atoms with Crippen molar-refractivity contribution in [2.75, 3.05) is 13.1 Å². The van der Waals surface area contributed by atoms with Gasteiger partial charge in [0.25, 0.3) is 0 Å². The first kappa shape index (κ1) is 26.2. The highest BCUT2D eigenvalue weighted by Crippen LogP contribution is 2.67. The summed E-state index contributed by atoms with van der Waals surface area (Å²) in [5, 5.41) is 24.7. The number of aliphatic hydroxyl groups excluding tert-OH is 1. The van der Waals surface area contributed by atoms with Crippen LogP contribution in [0.3, 0.4) is 0 Å². The van der Waals surface area contributed by atoms with Gasteiger partial charge in [0, 0.05) is 23.7 Å². The van der Waals surface area contributed by atoms with Crippen LogP contribution in [0.5, 0.6) is 11.5 Å². The van der Waals surface area contributed by atoms with Gasteiger partial charge >= 0.3 is 0 Å². The predicted molar refractivity (Wildman–Crippen MR) is 160 cm³/mol. The minimum atomic E-state index is -0.966. The van der Waals surface area contributed by atoms with E-state index < -0.39 is 29.4 Å². The zero-order valence-electron chi connectivity index (χ0n) is 24.3. The second-order valence-electron chi connectivity index (χ2n) is 13.7. The van der Waals surface area contributed by atoms with E-state index in [1.54, 1.807) is 0 Å². The van der Waals surface area contributed by atoms with E-state index in [1.165, 1.54) is 18.4 Å². The highest BCUT2D eigenvalue weighted by atomic mass is 16.5. The number of hydrogen-bond acceptors (Lipinski definition) is 7. The van der Waals surface area contributed by atoms with Crippen LogP contribution in [-0.4, -0.2) is 63.2 Å². The number of carbonyl (C=O) groups excluding carboxylic acids is 1. The summed E-state index contributed by atoms with van der Waals surface area (Å²) in [7, 11) is 0. The molecule has 2 N–H and O–H groups in total. The Kier molecular flexibility index (Phi) is 5.72. The average Bonchev–Trinajstić information content (AvgIpc) is 3.71. The molecule has 7 atom stereocenters. The van der Waals surface area contributed by atoms with Gasteiger partial charge in [-0.05, 0) is 73.7 Å². The number of aliphatic hydroxyl groups is 2. The topological polar surface area (TPSA) is 82.5 Å². The maximum atomic E-state index is 13.0. The van der Waals surface area contributed by atoms with Crippen LogP contribution >= 0.6 is 0 Å². The molecule has 0 amide bonds. The van der Waals surface area contributed by atoms with Gasteiger partial charge in [0.1, 0.15) is 25.2 Å². The summed E-state index contributed by atoms with van der Waals surface area (Å²) < 4.78 is 13.5. The fraction of sp³-hybridized carbons (Fsp3) is 0.472. The largest absolute Gasteiger partial charge is 0.485 e. The molecule has 3 aromatic rings. The number of likely N-dealkylation sites (tertiary alicyclic amines) is 1. The van der Waals surface area contributed by atoms with Crippen LogP contribution in [0.4, 0.5) is 0 Å². The molecule has 2 bridgehead atoms. The Labute approximate surface area is 252 Å². The number of carbonyl (C=O) groups is 1. The van der Waals surface area contributed by atoms with Crippen molar-refractivity contribution >= 4 is 6.29 Å². The Morgan fingerprint density at radius 2 is 1.77 bits per heavy atom. The van der Waals surface area contributed by atoms with Gasteiger partial charge in [0.15, 0.2) is 11.5 Å². The minimum Gasteiger partial charge on any atom is -0.485 e. The molecule has 1 spiro atoms. The Bertz CT molecular complexity index is 1590. The van der Waals surface area contributed by atoms with Gasteiger partial charge in [-0.3, -0.25) is 9.80 Å². The van der Waals surface area contributed by atoms with Crippen molar-refractivity contribution in [3.05, 3.63) is 94.5 Å². The number of nitrogens with zero attached hydrogens (tertiary/aromatic N) is 2. The standard InChI is InChI=1S/C36H38N2O5/c39-20-28-25-8-4-5-9-26(25)34(40)38(28)27-14-15-36(41)30-18-24-12-13-29(42-21-23-6-2-1-3-7-23)32-31(24)35(36,33(27)43-32)16-17-37(30)19-22-10-11-22/h1-9,12-13,20,22,27-28,30,33-34,40-41H,10-11,14-19,21H2/t27-,28?,30-,33+,34?,35+,36-/m1/s1. The summed E-state index contributed by atoms with van der Waals surface area (Å²) in [6.07, 6.45) is 5.00. The van der Waals surface area contributed by atoms with E-state index in [0.29, 0.717) is 25.2 Å². The Morgan fingerprint density at radius 1 is 0.977 bits per heavy atom. The van der Waals surface area contributed by atoms with E-state index in [9.17, 15) is 15.0 Å². The molecule has 222 valence electrons. The molecule has 7 heteroatoms. The smallest absolute Gasteiger partial charge is 0.166 e. The number of ether oxygens (including phenoxy) is 2. The quantitative estimate of drug-likeness (QED) is 0.401. The second-order valence-corrected chi connectivity index (χ2v) is 13.7. The monoisotopic (exact) mass is 578 g/mol. The fourth-order valence-corrected chi connectivity index (χ4v) is 9.62. The molecule has 3 aliphatic heterocycles. The van der Waals surface area contributed by atoms with E-state index in [4.69, 9.17) is 9.47 Å². The lowest BCUT2D eigenvalue weighted by Gasteiger charge is -2.65. The zero-order chi connectivity index (χ0) is 28.9. The first-order chi connectivity index (χ1) is 21.0. The summed E-state index contributed by atoms with van der Waals surface area (Å²) in [6.45, 7) is 2.38. The van der Waals surface area contributed by atoms with Crippen LogP contribution in [0, 0.1) is 5.92 Å². The molecule has 3 aromatic carbocycles. The van der Waals surface area contributed by atoms with Crippen LogP contribution in [-0.2, 0) is 23.2 Å². The van der Waals surface area contributed by atoms with Crippen molar-refractivity contribution in [2.45, 2.75) is 86.6 Å². The summed E-state index contributed by atoms with van der Waals surface area (Å²) in [5.74, 6) is 2.18. The number of piperidine rings is 1. The van der Waals surface area contributed by atoms with Gasteiger partial charge in [0.2, 0.25) is 0 Å². The summed E-state index contributed by atoms with van der Waals surface area (Å²) in [5.41, 5.74) is 3.44. The maximum absolute atomic E-state index is 13.0. The number of aldehydes is 1. The lowest BCUT2D eigenvalue weighted by Crippen LogP contribution is -2.78. The third kappa shape index (κ3) is 3.54. The molecule has 3 heterocycles. The van der Waals surface area contributed by atoms with E-state index in [-0.39, 0.29) is 12.1 Å². The van der Waals surface area contributed by atoms with Crippen LogP contribution in [0.1, 0.15) is 72.2 Å². The van der Waals surface area contributed by atoms with Gasteiger partial charge in [-0.15, -0.1) is 0 Å². The van der Waals surface area contributed by atoms with Crippen molar-refractivity contribution in [3.63, 3.8) is 0 Å². The van der Waals surface area contributed by atoms with Crippen LogP contribution in [0.2, 0.25) is 0 Å². The molecule has 2 unspecified atom stereocenters. The Balaban J connectivity index is 1.16. The second kappa shape index (κ2) is 9.38. The first-order valence-corrected chi connectivity index (χ1v) is 16.0. The van der Waals surface area contributed by atoms with Crippen LogP contribution in [0.25, 0.3) is 0 Å². The average molecular weight is 579 g/mol. The van der Waals surface area contributed by atoms with E-state index in [0.717, 1.165) is 66.1 Å². The molecule has 3 aliphatic carbocycles. The predicted octanol–water partition coefficient (Wildman–Crippen LogP) is 4.45. The van der Waals surface area contributed by atoms with Gasteiger partial charge in [-0.1, -0.05) is 60.7 Å². The lowest BCUT2D eigenvalue weighted by atomic mass is 9.48. The molecule has 0 aromatic heterocycles. The Morgan fingerprint density at radius 3 is 2.56 bits per heavy atom. The van der Waals surface area contributed by atoms with Gasteiger partial charge in [-0.2, -0.15) is 0 Å². The third-order valence-electron chi connectivity index (χ3n) is 11.7. The van der Waals surface area contributed by atoms with Crippen molar-refractivity contribution in [2.24, 2.45) is 5.92 Å². The van der Waals surface area contributed by atoms with Gasteiger partial charge in [0.05, 0.1) is 23.1 Å². The molecule has 43 heavy (non-hydrogen) atoms. The lowest BCUT2D eigenvalue weighted by molar-refractivity contribution is -0.211. The number of rotatable bonds is 7. The number of hydrogen-bond donors (Lipinski definition) is 2. The third-order valence-corrected chi connectivity index (χ3v) is 11.7. The van der Waals surface area contributed by atoms with E-state index in [2.05, 4.69) is 23.1 Å². The van der Waals surface area contributed by atoms with Crippen molar-refractivity contribution < 1.29 is 24.5 Å². The highest BCUT2D eigenvalue weighted by Gasteiger charge is 2.74. The molecule has 0 radical (unpaired) electrons. The number of benzene rings is 3.